The lowest BCUT2D eigenvalue weighted by Crippen LogP contribution is -2.50. The Kier molecular flexibility index (Phi) is 6.05. The molecule has 3 rings (SSSR count). The number of carbonyl (C=O) groups excluding carboxylic acids is 4. The van der Waals surface area contributed by atoms with Crippen LogP contribution in [0, 0.1) is 17.8 Å². The van der Waals surface area contributed by atoms with Gasteiger partial charge in [0.15, 0.2) is 6.61 Å². The van der Waals surface area contributed by atoms with E-state index in [0.29, 0.717) is 24.9 Å². The minimum absolute atomic E-state index is 0.249. The highest BCUT2D eigenvalue weighted by Gasteiger charge is 2.44. The van der Waals surface area contributed by atoms with Crippen LogP contribution >= 0.6 is 0 Å². The average Bonchev–Trinajstić information content (AvgIpc) is 2.91. The van der Waals surface area contributed by atoms with E-state index >= 15 is 0 Å². The molecule has 1 fully saturated rings. The summed E-state index contributed by atoms with van der Waals surface area (Å²) in [5.41, 5.74) is 0.562. The number of piperidine rings is 1. The maximum atomic E-state index is 12.8. The second kappa shape index (κ2) is 8.35. The van der Waals surface area contributed by atoms with Gasteiger partial charge in [0.25, 0.3) is 17.7 Å². The Bertz CT molecular complexity index is 789. The molecule has 2 aliphatic heterocycles. The van der Waals surface area contributed by atoms with Crippen LogP contribution in [0.1, 0.15) is 54.8 Å². The fourth-order valence-electron chi connectivity index (χ4n) is 4.31. The Balaban J connectivity index is 1.69. The Labute approximate surface area is 171 Å². The summed E-state index contributed by atoms with van der Waals surface area (Å²) >= 11 is 0. The Morgan fingerprint density at radius 1 is 1.03 bits per heavy atom. The Morgan fingerprint density at radius 2 is 1.55 bits per heavy atom. The van der Waals surface area contributed by atoms with Crippen molar-refractivity contribution in [3.63, 3.8) is 0 Å². The Hall–Kier alpha value is -2.70. The van der Waals surface area contributed by atoms with Gasteiger partial charge >= 0.3 is 5.97 Å². The third-order valence-corrected chi connectivity index (χ3v) is 5.54. The first-order valence-corrected chi connectivity index (χ1v) is 10.1. The monoisotopic (exact) mass is 400 g/mol. The quantitative estimate of drug-likeness (QED) is 0.560. The van der Waals surface area contributed by atoms with Gasteiger partial charge in [0.1, 0.15) is 6.04 Å². The minimum Gasteiger partial charge on any atom is -0.454 e. The van der Waals surface area contributed by atoms with E-state index in [2.05, 4.69) is 13.8 Å². The zero-order valence-electron chi connectivity index (χ0n) is 17.4. The zero-order valence-corrected chi connectivity index (χ0v) is 17.4. The van der Waals surface area contributed by atoms with Crippen LogP contribution in [0.15, 0.2) is 24.3 Å². The molecule has 0 spiro atoms. The van der Waals surface area contributed by atoms with Crippen molar-refractivity contribution in [2.75, 3.05) is 19.7 Å². The van der Waals surface area contributed by atoms with E-state index in [-0.39, 0.29) is 29.6 Å². The van der Waals surface area contributed by atoms with Gasteiger partial charge in [-0.3, -0.25) is 19.3 Å². The molecule has 7 nitrogen and oxygen atoms in total. The molecule has 1 aromatic rings. The van der Waals surface area contributed by atoms with E-state index in [1.807, 2.05) is 0 Å². The van der Waals surface area contributed by atoms with Crippen molar-refractivity contribution in [2.24, 2.45) is 17.8 Å². The van der Waals surface area contributed by atoms with Gasteiger partial charge in [-0.2, -0.15) is 0 Å². The number of imide groups is 1. The topological polar surface area (TPSA) is 84.0 Å². The smallest absolute Gasteiger partial charge is 0.330 e. The van der Waals surface area contributed by atoms with Crippen molar-refractivity contribution in [3.05, 3.63) is 35.4 Å². The number of likely N-dealkylation sites (tertiary alicyclic amines) is 1. The summed E-state index contributed by atoms with van der Waals surface area (Å²) in [6.45, 7) is 8.58. The van der Waals surface area contributed by atoms with E-state index in [9.17, 15) is 19.2 Å². The van der Waals surface area contributed by atoms with Crippen molar-refractivity contribution in [1.82, 2.24) is 9.80 Å². The highest BCUT2D eigenvalue weighted by Crippen LogP contribution is 2.28. The molecule has 2 aliphatic rings. The summed E-state index contributed by atoms with van der Waals surface area (Å²) in [5.74, 6) is -1.55. The summed E-state index contributed by atoms with van der Waals surface area (Å²) in [4.78, 5) is 53.5. The van der Waals surface area contributed by atoms with Crippen LogP contribution in [0.2, 0.25) is 0 Å². The summed E-state index contributed by atoms with van der Waals surface area (Å²) in [5, 5.41) is 0. The van der Waals surface area contributed by atoms with E-state index in [1.165, 1.54) is 0 Å². The SMILES string of the molecule is CC(C)[C@@H](C(=O)OCC(=O)N1C[C@@H](C)C[C@H](C)C1)N1C(=O)c2ccccc2C1=O. The lowest BCUT2D eigenvalue weighted by atomic mass is 9.92. The summed E-state index contributed by atoms with van der Waals surface area (Å²) in [6.07, 6.45) is 1.07. The maximum absolute atomic E-state index is 12.8. The first-order valence-electron chi connectivity index (χ1n) is 10.1. The molecule has 0 radical (unpaired) electrons. The first kappa shape index (κ1) is 21.0. The maximum Gasteiger partial charge on any atom is 0.330 e. The number of hydrogen-bond acceptors (Lipinski definition) is 5. The van der Waals surface area contributed by atoms with E-state index in [4.69, 9.17) is 4.74 Å². The van der Waals surface area contributed by atoms with Crippen LogP contribution in [0.4, 0.5) is 0 Å². The molecule has 0 aromatic heterocycles. The fraction of sp³-hybridized carbons (Fsp3) is 0.545. The molecule has 0 aliphatic carbocycles. The number of fused-ring (bicyclic) bond motifs is 1. The molecule has 0 unspecified atom stereocenters. The zero-order chi connectivity index (χ0) is 21.3. The normalized spacial score (nSPS) is 22.7. The fourth-order valence-corrected chi connectivity index (χ4v) is 4.31. The number of amides is 3. The molecular weight excluding hydrogens is 372 g/mol. The van der Waals surface area contributed by atoms with Gasteiger partial charge < -0.3 is 9.64 Å². The lowest BCUT2D eigenvalue weighted by Gasteiger charge is -2.35. The number of nitrogens with zero attached hydrogens (tertiary/aromatic N) is 2. The first-order chi connectivity index (χ1) is 13.7. The van der Waals surface area contributed by atoms with Crippen LogP contribution in [-0.4, -0.2) is 59.2 Å². The van der Waals surface area contributed by atoms with Crippen LogP contribution in [0.5, 0.6) is 0 Å². The molecule has 1 aromatic carbocycles. The van der Waals surface area contributed by atoms with Gasteiger partial charge in [-0.05, 0) is 36.3 Å². The number of hydrogen-bond donors (Lipinski definition) is 0. The minimum atomic E-state index is -1.07. The number of carbonyl (C=O) groups is 4. The molecule has 2 heterocycles. The van der Waals surface area contributed by atoms with Crippen LogP contribution in [0.25, 0.3) is 0 Å². The number of rotatable bonds is 5. The molecule has 3 amide bonds. The van der Waals surface area contributed by atoms with Crippen LogP contribution in [-0.2, 0) is 14.3 Å². The van der Waals surface area contributed by atoms with Crippen molar-refractivity contribution in [3.8, 4) is 0 Å². The van der Waals surface area contributed by atoms with Gasteiger partial charge in [0.05, 0.1) is 11.1 Å². The predicted molar refractivity (Wildman–Crippen MR) is 106 cm³/mol. The van der Waals surface area contributed by atoms with Gasteiger partial charge in [-0.1, -0.05) is 39.8 Å². The highest BCUT2D eigenvalue weighted by molar-refractivity contribution is 6.22. The molecule has 29 heavy (non-hydrogen) atoms. The Morgan fingerprint density at radius 3 is 2.03 bits per heavy atom. The second-order valence-corrected chi connectivity index (χ2v) is 8.57. The van der Waals surface area contributed by atoms with E-state index in [0.717, 1.165) is 11.3 Å². The van der Waals surface area contributed by atoms with Crippen molar-refractivity contribution >= 4 is 23.7 Å². The average molecular weight is 400 g/mol. The van der Waals surface area contributed by atoms with Crippen molar-refractivity contribution in [2.45, 2.75) is 40.2 Å². The van der Waals surface area contributed by atoms with Gasteiger partial charge in [-0.15, -0.1) is 0 Å². The van der Waals surface area contributed by atoms with Gasteiger partial charge in [0.2, 0.25) is 0 Å². The predicted octanol–water partition coefficient (Wildman–Crippen LogP) is 2.35. The van der Waals surface area contributed by atoms with E-state index < -0.39 is 23.8 Å². The molecule has 0 bridgehead atoms. The molecule has 1 saturated heterocycles. The third kappa shape index (κ3) is 4.18. The molecule has 0 N–H and O–H groups in total. The summed E-state index contributed by atoms with van der Waals surface area (Å²) in [7, 11) is 0. The standard InChI is InChI=1S/C22H28N2O5/c1-13(2)19(24-20(26)16-7-5-6-8-17(16)21(24)27)22(28)29-12-18(25)23-10-14(3)9-15(4)11-23/h5-8,13-15,19H,9-12H2,1-4H3/t14-,15-,19-/m0/s1. The lowest BCUT2D eigenvalue weighted by molar-refractivity contribution is -0.157. The van der Waals surface area contributed by atoms with E-state index in [1.54, 1.807) is 43.0 Å². The van der Waals surface area contributed by atoms with Crippen molar-refractivity contribution in [1.29, 1.82) is 0 Å². The number of benzene rings is 1. The largest absolute Gasteiger partial charge is 0.454 e. The highest BCUT2D eigenvalue weighted by atomic mass is 16.5. The molecule has 156 valence electrons. The number of esters is 1. The van der Waals surface area contributed by atoms with Crippen LogP contribution < -0.4 is 0 Å². The molecule has 7 heteroatoms. The van der Waals surface area contributed by atoms with Crippen LogP contribution in [0.3, 0.4) is 0 Å². The summed E-state index contributed by atoms with van der Waals surface area (Å²) < 4.78 is 5.28. The molecular formula is C22H28N2O5. The molecule has 0 saturated carbocycles. The number of ether oxygens (including phenoxy) is 1. The second-order valence-electron chi connectivity index (χ2n) is 8.57. The van der Waals surface area contributed by atoms with Gasteiger partial charge in [0, 0.05) is 13.1 Å². The summed E-state index contributed by atoms with van der Waals surface area (Å²) in [6, 6.07) is 5.42. The van der Waals surface area contributed by atoms with Crippen molar-refractivity contribution < 1.29 is 23.9 Å². The third-order valence-electron chi connectivity index (χ3n) is 5.54. The van der Waals surface area contributed by atoms with Gasteiger partial charge in [-0.25, -0.2) is 4.79 Å². The molecule has 3 atom stereocenters.